The van der Waals surface area contributed by atoms with E-state index < -0.39 is 0 Å². The van der Waals surface area contributed by atoms with Gasteiger partial charge in [0.25, 0.3) is 0 Å². The summed E-state index contributed by atoms with van der Waals surface area (Å²) in [5.41, 5.74) is 4.58. The van der Waals surface area contributed by atoms with E-state index in [1.54, 1.807) is 13.3 Å². The number of para-hydroxylation sites is 1. The smallest absolute Gasteiger partial charge is 0.219 e. The van der Waals surface area contributed by atoms with Gasteiger partial charge in [-0.05, 0) is 24.6 Å². The molecule has 2 aromatic rings. The first-order chi connectivity index (χ1) is 8.29. The molecule has 2 rings (SSSR count). The van der Waals surface area contributed by atoms with Gasteiger partial charge in [0.05, 0.1) is 19.0 Å². The second kappa shape index (κ2) is 5.32. The molecule has 4 nitrogen and oxygen atoms in total. The van der Waals surface area contributed by atoms with Crippen molar-refractivity contribution in [3.63, 3.8) is 0 Å². The van der Waals surface area contributed by atoms with Crippen molar-refractivity contribution in [2.45, 2.75) is 6.92 Å². The number of nitrogens with zero attached hydrogens (tertiary/aromatic N) is 1. The normalized spacial score (nSPS) is 10.0. The monoisotopic (exact) mass is 230 g/mol. The molecule has 1 aromatic carbocycles. The Labute approximate surface area is 100 Å². The molecular formula is C13H14N2O2. The van der Waals surface area contributed by atoms with Gasteiger partial charge in [-0.3, -0.25) is 10.3 Å². The van der Waals surface area contributed by atoms with Crippen LogP contribution in [-0.2, 0) is 4.84 Å². The van der Waals surface area contributed by atoms with Crippen LogP contribution in [0, 0.1) is 6.92 Å². The molecule has 0 amide bonds. The molecule has 0 atom stereocenters. The fourth-order valence-electron chi connectivity index (χ4n) is 1.41. The maximum absolute atomic E-state index is 5.61. The lowest BCUT2D eigenvalue weighted by Gasteiger charge is -2.09. The van der Waals surface area contributed by atoms with E-state index in [0.717, 1.165) is 17.0 Å². The average Bonchev–Trinajstić information content (AvgIpc) is 2.34. The lowest BCUT2D eigenvalue weighted by atomic mass is 10.2. The Bertz CT molecular complexity index is 486. The van der Waals surface area contributed by atoms with Crippen LogP contribution in [0.5, 0.6) is 11.6 Å². The predicted molar refractivity (Wildman–Crippen MR) is 66.1 cm³/mol. The van der Waals surface area contributed by atoms with Gasteiger partial charge < -0.3 is 4.74 Å². The Hall–Kier alpha value is -2.07. The predicted octanol–water partition coefficient (Wildman–Crippen LogP) is 3.16. The summed E-state index contributed by atoms with van der Waals surface area (Å²) in [6, 6.07) is 11.4. The fraction of sp³-hybridized carbons (Fsp3) is 0.154. The maximum Gasteiger partial charge on any atom is 0.219 e. The summed E-state index contributed by atoms with van der Waals surface area (Å²) in [4.78, 5) is 9.02. The number of ether oxygens (including phenoxy) is 1. The van der Waals surface area contributed by atoms with E-state index in [4.69, 9.17) is 9.57 Å². The van der Waals surface area contributed by atoms with Crippen LogP contribution in [0.4, 0.5) is 5.69 Å². The number of nitrogens with one attached hydrogen (secondary N) is 1. The number of hydrogen-bond donors (Lipinski definition) is 1. The van der Waals surface area contributed by atoms with E-state index >= 15 is 0 Å². The Kier molecular flexibility index (Phi) is 3.57. The number of hydrogen-bond acceptors (Lipinski definition) is 4. The quantitative estimate of drug-likeness (QED) is 0.819. The first-order valence-electron chi connectivity index (χ1n) is 5.28. The summed E-state index contributed by atoms with van der Waals surface area (Å²) in [7, 11) is 1.56. The highest BCUT2D eigenvalue weighted by Crippen LogP contribution is 2.22. The topological polar surface area (TPSA) is 43.4 Å². The fourth-order valence-corrected chi connectivity index (χ4v) is 1.41. The maximum atomic E-state index is 5.61. The minimum Gasteiger partial charge on any atom is -0.439 e. The zero-order chi connectivity index (χ0) is 12.1. The first kappa shape index (κ1) is 11.4. The zero-order valence-corrected chi connectivity index (χ0v) is 9.81. The molecule has 0 bridgehead atoms. The highest BCUT2D eigenvalue weighted by atomic mass is 16.6. The molecule has 0 aliphatic rings. The van der Waals surface area contributed by atoms with E-state index in [1.165, 1.54) is 0 Å². The molecule has 0 aliphatic carbocycles. The van der Waals surface area contributed by atoms with Crippen molar-refractivity contribution in [2.24, 2.45) is 0 Å². The number of pyridine rings is 1. The van der Waals surface area contributed by atoms with E-state index in [0.29, 0.717) is 5.88 Å². The molecule has 4 heteroatoms. The summed E-state index contributed by atoms with van der Waals surface area (Å²) >= 11 is 0. The first-order valence-corrected chi connectivity index (χ1v) is 5.28. The second-order valence-corrected chi connectivity index (χ2v) is 3.56. The van der Waals surface area contributed by atoms with Gasteiger partial charge in [-0.2, -0.15) is 0 Å². The van der Waals surface area contributed by atoms with Gasteiger partial charge in [0.2, 0.25) is 5.88 Å². The van der Waals surface area contributed by atoms with Crippen LogP contribution in [0.3, 0.4) is 0 Å². The Morgan fingerprint density at radius 1 is 1.18 bits per heavy atom. The molecule has 88 valence electrons. The largest absolute Gasteiger partial charge is 0.439 e. The third-order valence-electron chi connectivity index (χ3n) is 2.26. The van der Waals surface area contributed by atoms with E-state index in [-0.39, 0.29) is 0 Å². The lowest BCUT2D eigenvalue weighted by molar-refractivity contribution is 0.270. The summed E-state index contributed by atoms with van der Waals surface area (Å²) in [6.45, 7) is 1.96. The average molecular weight is 230 g/mol. The van der Waals surface area contributed by atoms with Crippen LogP contribution in [0.1, 0.15) is 5.56 Å². The molecule has 0 fully saturated rings. The van der Waals surface area contributed by atoms with Gasteiger partial charge in [0.1, 0.15) is 5.75 Å². The third kappa shape index (κ3) is 2.95. The van der Waals surface area contributed by atoms with Gasteiger partial charge in [0, 0.05) is 6.07 Å². The summed E-state index contributed by atoms with van der Waals surface area (Å²) in [6.07, 6.45) is 1.68. The van der Waals surface area contributed by atoms with Gasteiger partial charge in [-0.25, -0.2) is 4.98 Å². The number of anilines is 1. The number of aryl methyl sites for hydroxylation is 1. The summed E-state index contributed by atoms with van der Waals surface area (Å²) in [5, 5.41) is 0. The van der Waals surface area contributed by atoms with Crippen molar-refractivity contribution >= 4 is 5.69 Å². The van der Waals surface area contributed by atoms with Crippen molar-refractivity contribution in [3.05, 3.63) is 48.2 Å². The van der Waals surface area contributed by atoms with E-state index in [2.05, 4.69) is 10.5 Å². The highest BCUT2D eigenvalue weighted by molar-refractivity contribution is 5.48. The SMILES string of the molecule is CONc1cnc(Oc2ccccc2)cc1C. The number of rotatable bonds is 4. The molecule has 1 aromatic heterocycles. The lowest BCUT2D eigenvalue weighted by Crippen LogP contribution is -1.99. The summed E-state index contributed by atoms with van der Waals surface area (Å²) < 4.78 is 5.61. The van der Waals surface area contributed by atoms with Crippen LogP contribution in [0.15, 0.2) is 42.6 Å². The molecular weight excluding hydrogens is 216 g/mol. The molecule has 0 saturated carbocycles. The minimum atomic E-state index is 0.565. The van der Waals surface area contributed by atoms with Gasteiger partial charge >= 0.3 is 0 Å². The standard InChI is InChI=1S/C13H14N2O2/c1-10-8-13(14-9-12(10)15-16-2)17-11-6-4-3-5-7-11/h3-9,15H,1-2H3. The second-order valence-electron chi connectivity index (χ2n) is 3.56. The van der Waals surface area contributed by atoms with Crippen molar-refractivity contribution in [1.29, 1.82) is 0 Å². The van der Waals surface area contributed by atoms with Crippen LogP contribution in [0.25, 0.3) is 0 Å². The minimum absolute atomic E-state index is 0.565. The molecule has 0 spiro atoms. The van der Waals surface area contributed by atoms with Crippen molar-refractivity contribution in [1.82, 2.24) is 4.98 Å². The van der Waals surface area contributed by atoms with Crippen molar-refractivity contribution < 1.29 is 9.57 Å². The molecule has 17 heavy (non-hydrogen) atoms. The van der Waals surface area contributed by atoms with Crippen LogP contribution >= 0.6 is 0 Å². The van der Waals surface area contributed by atoms with Crippen LogP contribution in [0.2, 0.25) is 0 Å². The van der Waals surface area contributed by atoms with E-state index in [9.17, 15) is 0 Å². The Balaban J connectivity index is 2.15. The Morgan fingerprint density at radius 2 is 1.94 bits per heavy atom. The van der Waals surface area contributed by atoms with Gasteiger partial charge in [0.15, 0.2) is 0 Å². The molecule has 0 aliphatic heterocycles. The molecule has 0 radical (unpaired) electrons. The number of aromatic nitrogens is 1. The number of benzene rings is 1. The van der Waals surface area contributed by atoms with Crippen molar-refractivity contribution in [2.75, 3.05) is 12.6 Å². The van der Waals surface area contributed by atoms with E-state index in [1.807, 2.05) is 43.3 Å². The molecule has 1 heterocycles. The van der Waals surface area contributed by atoms with Crippen molar-refractivity contribution in [3.8, 4) is 11.6 Å². The summed E-state index contributed by atoms with van der Waals surface area (Å²) in [5.74, 6) is 1.34. The third-order valence-corrected chi connectivity index (χ3v) is 2.26. The zero-order valence-electron chi connectivity index (χ0n) is 9.81. The molecule has 0 unspecified atom stereocenters. The Morgan fingerprint density at radius 3 is 2.59 bits per heavy atom. The van der Waals surface area contributed by atoms with Crippen LogP contribution in [-0.4, -0.2) is 12.1 Å². The molecule has 0 saturated heterocycles. The van der Waals surface area contributed by atoms with Gasteiger partial charge in [-0.1, -0.05) is 18.2 Å². The van der Waals surface area contributed by atoms with Gasteiger partial charge in [-0.15, -0.1) is 0 Å². The highest BCUT2D eigenvalue weighted by Gasteiger charge is 2.02. The van der Waals surface area contributed by atoms with Crippen LogP contribution < -0.4 is 10.2 Å². The molecule has 1 N–H and O–H groups in total.